The van der Waals surface area contributed by atoms with Gasteiger partial charge in [0.15, 0.2) is 0 Å². The van der Waals surface area contributed by atoms with Crippen molar-refractivity contribution in [3.05, 3.63) is 29.8 Å². The van der Waals surface area contributed by atoms with Gasteiger partial charge in [0, 0.05) is 17.6 Å². The molecule has 16 heavy (non-hydrogen) atoms. The van der Waals surface area contributed by atoms with Gasteiger partial charge in [-0.3, -0.25) is 0 Å². The van der Waals surface area contributed by atoms with Crippen molar-refractivity contribution < 1.29 is 4.74 Å². The Kier molecular flexibility index (Phi) is 3.49. The van der Waals surface area contributed by atoms with E-state index in [-0.39, 0.29) is 0 Å². The molecule has 1 aromatic carbocycles. The standard InChI is InChI=1S/C14H21NO/c1-3-4-12-5-7-13(8-6-12)15-9-14(2)10-16-11-14/h5-8,15H,3-4,9-11H2,1-2H3. The van der Waals surface area contributed by atoms with E-state index in [1.165, 1.54) is 24.1 Å². The predicted molar refractivity (Wildman–Crippen MR) is 67.9 cm³/mol. The van der Waals surface area contributed by atoms with E-state index in [1.807, 2.05) is 0 Å². The zero-order valence-corrected chi connectivity index (χ0v) is 10.3. The highest BCUT2D eigenvalue weighted by atomic mass is 16.5. The molecule has 1 aromatic rings. The molecule has 1 aliphatic heterocycles. The minimum absolute atomic E-state index is 0.335. The van der Waals surface area contributed by atoms with E-state index >= 15 is 0 Å². The summed E-state index contributed by atoms with van der Waals surface area (Å²) in [4.78, 5) is 0. The van der Waals surface area contributed by atoms with Crippen LogP contribution in [0, 0.1) is 5.41 Å². The van der Waals surface area contributed by atoms with Gasteiger partial charge in [0.1, 0.15) is 0 Å². The van der Waals surface area contributed by atoms with Crippen LogP contribution < -0.4 is 5.32 Å². The molecule has 0 aliphatic carbocycles. The fourth-order valence-corrected chi connectivity index (χ4v) is 1.95. The zero-order chi connectivity index (χ0) is 11.4. The van der Waals surface area contributed by atoms with Crippen molar-refractivity contribution in [1.82, 2.24) is 0 Å². The molecule has 0 aromatic heterocycles. The Labute approximate surface area is 98.0 Å². The van der Waals surface area contributed by atoms with Crippen molar-refractivity contribution in [3.8, 4) is 0 Å². The molecule has 0 spiro atoms. The highest BCUT2D eigenvalue weighted by molar-refractivity contribution is 5.44. The normalized spacial score (nSPS) is 17.9. The molecule has 2 heteroatoms. The molecule has 1 saturated heterocycles. The van der Waals surface area contributed by atoms with Crippen molar-refractivity contribution >= 4 is 5.69 Å². The maximum Gasteiger partial charge on any atom is 0.0559 e. The third-order valence-electron chi connectivity index (χ3n) is 3.11. The lowest BCUT2D eigenvalue weighted by molar-refractivity contribution is -0.0924. The number of rotatable bonds is 5. The van der Waals surface area contributed by atoms with Crippen LogP contribution in [-0.2, 0) is 11.2 Å². The Morgan fingerprint density at radius 2 is 1.94 bits per heavy atom. The van der Waals surface area contributed by atoms with Gasteiger partial charge in [-0.05, 0) is 24.1 Å². The molecule has 0 bridgehead atoms. The lowest BCUT2D eigenvalue weighted by atomic mass is 9.88. The maximum absolute atomic E-state index is 5.24. The van der Waals surface area contributed by atoms with E-state index in [0.717, 1.165) is 19.8 Å². The largest absolute Gasteiger partial charge is 0.384 e. The predicted octanol–water partition coefficient (Wildman–Crippen LogP) is 3.09. The monoisotopic (exact) mass is 219 g/mol. The Hall–Kier alpha value is -1.02. The summed E-state index contributed by atoms with van der Waals surface area (Å²) < 4.78 is 5.24. The Bertz CT molecular complexity index is 327. The number of nitrogens with one attached hydrogen (secondary N) is 1. The summed E-state index contributed by atoms with van der Waals surface area (Å²) >= 11 is 0. The minimum atomic E-state index is 0.335. The molecule has 1 heterocycles. The topological polar surface area (TPSA) is 21.3 Å². The van der Waals surface area contributed by atoms with Gasteiger partial charge in [-0.25, -0.2) is 0 Å². The van der Waals surface area contributed by atoms with Gasteiger partial charge in [0.25, 0.3) is 0 Å². The highest BCUT2D eigenvalue weighted by Crippen LogP contribution is 2.26. The van der Waals surface area contributed by atoms with Crippen molar-refractivity contribution in [1.29, 1.82) is 0 Å². The van der Waals surface area contributed by atoms with E-state index in [0.29, 0.717) is 5.41 Å². The molecule has 2 nitrogen and oxygen atoms in total. The Morgan fingerprint density at radius 3 is 2.44 bits per heavy atom. The second kappa shape index (κ2) is 4.88. The van der Waals surface area contributed by atoms with E-state index in [9.17, 15) is 0 Å². The number of aryl methyl sites for hydroxylation is 1. The van der Waals surface area contributed by atoms with Gasteiger partial charge in [-0.1, -0.05) is 32.4 Å². The van der Waals surface area contributed by atoms with Crippen LogP contribution in [0.25, 0.3) is 0 Å². The number of benzene rings is 1. The molecule has 0 radical (unpaired) electrons. The van der Waals surface area contributed by atoms with Gasteiger partial charge >= 0.3 is 0 Å². The van der Waals surface area contributed by atoms with Gasteiger partial charge in [0.05, 0.1) is 13.2 Å². The van der Waals surface area contributed by atoms with Crippen LogP contribution in [0.3, 0.4) is 0 Å². The summed E-state index contributed by atoms with van der Waals surface area (Å²) in [5.41, 5.74) is 2.97. The first-order valence-electron chi connectivity index (χ1n) is 6.12. The fraction of sp³-hybridized carbons (Fsp3) is 0.571. The summed E-state index contributed by atoms with van der Waals surface area (Å²) in [6.45, 7) is 7.24. The van der Waals surface area contributed by atoms with Crippen molar-refractivity contribution in [3.63, 3.8) is 0 Å². The summed E-state index contributed by atoms with van der Waals surface area (Å²) in [5, 5.41) is 3.48. The second-order valence-corrected chi connectivity index (χ2v) is 5.10. The summed E-state index contributed by atoms with van der Waals surface area (Å²) in [6.07, 6.45) is 2.38. The fourth-order valence-electron chi connectivity index (χ4n) is 1.95. The van der Waals surface area contributed by atoms with Crippen LogP contribution in [0.2, 0.25) is 0 Å². The molecule has 2 rings (SSSR count). The van der Waals surface area contributed by atoms with Crippen LogP contribution in [0.5, 0.6) is 0 Å². The smallest absolute Gasteiger partial charge is 0.0559 e. The number of ether oxygens (including phenoxy) is 1. The average molecular weight is 219 g/mol. The third kappa shape index (κ3) is 2.76. The summed E-state index contributed by atoms with van der Waals surface area (Å²) in [6, 6.07) is 8.78. The number of hydrogen-bond donors (Lipinski definition) is 1. The van der Waals surface area contributed by atoms with Gasteiger partial charge in [-0.2, -0.15) is 0 Å². The van der Waals surface area contributed by atoms with Crippen LogP contribution in [-0.4, -0.2) is 19.8 Å². The van der Waals surface area contributed by atoms with E-state index in [2.05, 4.69) is 43.4 Å². The van der Waals surface area contributed by atoms with Crippen molar-refractivity contribution in [2.75, 3.05) is 25.1 Å². The lowest BCUT2D eigenvalue weighted by Crippen LogP contribution is -2.45. The van der Waals surface area contributed by atoms with E-state index < -0.39 is 0 Å². The van der Waals surface area contributed by atoms with Crippen molar-refractivity contribution in [2.24, 2.45) is 5.41 Å². The van der Waals surface area contributed by atoms with Gasteiger partial charge < -0.3 is 10.1 Å². The van der Waals surface area contributed by atoms with Crippen LogP contribution in [0.1, 0.15) is 25.8 Å². The lowest BCUT2D eigenvalue weighted by Gasteiger charge is -2.38. The zero-order valence-electron chi connectivity index (χ0n) is 10.3. The maximum atomic E-state index is 5.24. The quantitative estimate of drug-likeness (QED) is 0.821. The summed E-state index contributed by atoms with van der Waals surface area (Å²) in [5.74, 6) is 0. The van der Waals surface area contributed by atoms with Crippen LogP contribution in [0.15, 0.2) is 24.3 Å². The molecule has 1 N–H and O–H groups in total. The first-order chi connectivity index (χ1) is 7.72. The Morgan fingerprint density at radius 1 is 1.25 bits per heavy atom. The van der Waals surface area contributed by atoms with Gasteiger partial charge in [0.2, 0.25) is 0 Å². The molecule has 0 unspecified atom stereocenters. The molecule has 0 amide bonds. The molecular formula is C14H21NO. The van der Waals surface area contributed by atoms with E-state index in [1.54, 1.807) is 0 Å². The summed E-state index contributed by atoms with van der Waals surface area (Å²) in [7, 11) is 0. The van der Waals surface area contributed by atoms with Crippen molar-refractivity contribution in [2.45, 2.75) is 26.7 Å². The first-order valence-corrected chi connectivity index (χ1v) is 6.12. The molecule has 0 saturated carbocycles. The number of anilines is 1. The molecule has 88 valence electrons. The second-order valence-electron chi connectivity index (χ2n) is 5.10. The van der Waals surface area contributed by atoms with Crippen LogP contribution in [0.4, 0.5) is 5.69 Å². The van der Waals surface area contributed by atoms with E-state index in [4.69, 9.17) is 4.74 Å². The van der Waals surface area contributed by atoms with Gasteiger partial charge in [-0.15, -0.1) is 0 Å². The van der Waals surface area contributed by atoms with Crippen LogP contribution >= 0.6 is 0 Å². The first kappa shape index (κ1) is 11.5. The molecule has 1 aliphatic rings. The molecule has 0 atom stereocenters. The Balaban J connectivity index is 1.85. The third-order valence-corrected chi connectivity index (χ3v) is 3.11. The molecule has 1 fully saturated rings. The average Bonchev–Trinajstić information content (AvgIpc) is 2.26. The highest BCUT2D eigenvalue weighted by Gasteiger charge is 2.32. The molecular weight excluding hydrogens is 198 g/mol. The minimum Gasteiger partial charge on any atom is -0.384 e. The SMILES string of the molecule is CCCc1ccc(NCC2(C)COC2)cc1. The number of hydrogen-bond acceptors (Lipinski definition) is 2.